The van der Waals surface area contributed by atoms with Crippen LogP contribution < -0.4 is 10.1 Å². The van der Waals surface area contributed by atoms with E-state index < -0.39 is 61.8 Å². The molecule has 1 aromatic heterocycles. The van der Waals surface area contributed by atoms with E-state index >= 15 is 0 Å². The molecule has 4 rings (SSSR count). The van der Waals surface area contributed by atoms with Crippen LogP contribution in [-0.2, 0) is 23.4 Å². The second-order valence-corrected chi connectivity index (χ2v) is 14.1. The van der Waals surface area contributed by atoms with Gasteiger partial charge in [-0.25, -0.2) is 4.57 Å². The van der Waals surface area contributed by atoms with E-state index in [0.29, 0.717) is 5.39 Å². The number of aliphatic hydroxyl groups excluding tert-OH is 1. The summed E-state index contributed by atoms with van der Waals surface area (Å²) >= 11 is 5.17. The van der Waals surface area contributed by atoms with Gasteiger partial charge in [0.25, 0.3) is 5.56 Å². The van der Waals surface area contributed by atoms with Crippen molar-refractivity contribution in [1.29, 1.82) is 0 Å². The molecule has 1 fully saturated rings. The summed E-state index contributed by atoms with van der Waals surface area (Å²) in [6.07, 6.45) is -4.65. The number of hydrogen-bond donors (Lipinski definition) is 3. The highest BCUT2D eigenvalue weighted by Gasteiger charge is 2.53. The molecule has 0 radical (unpaired) electrons. The minimum absolute atomic E-state index is 0.0954. The Morgan fingerprint density at radius 3 is 2.64 bits per heavy atom. The number of H-pyrrole nitrogens is 1. The predicted octanol–water partition coefficient (Wildman–Crippen LogP) is 4.58. The van der Waals surface area contributed by atoms with Crippen molar-refractivity contribution in [3.8, 4) is 5.75 Å². The fourth-order valence-electron chi connectivity index (χ4n) is 4.35. The second kappa shape index (κ2) is 12.4. The molecule has 2 heterocycles. The van der Waals surface area contributed by atoms with E-state index in [4.69, 9.17) is 33.5 Å². The lowest BCUT2D eigenvalue weighted by Crippen LogP contribution is -2.44. The number of carbonyl (C=O) groups excluding carboxylic acids is 1. The average Bonchev–Trinajstić information content (AvgIpc) is 3.15. The largest absolute Gasteiger partial charge is 0.465 e. The van der Waals surface area contributed by atoms with Crippen molar-refractivity contribution in [3.63, 3.8) is 0 Å². The highest BCUT2D eigenvalue weighted by atomic mass is 32.1. The Bertz CT molecular complexity index is 1680. The second-order valence-electron chi connectivity index (χ2n) is 11.7. The van der Waals surface area contributed by atoms with Crippen molar-refractivity contribution in [2.75, 3.05) is 19.3 Å². The topological polar surface area (TPSA) is 149 Å². The summed E-state index contributed by atoms with van der Waals surface area (Å²) in [6.45, 7) is 5.36. The summed E-state index contributed by atoms with van der Waals surface area (Å²) in [5.74, 6) is -1.60. The lowest BCUT2D eigenvalue weighted by atomic mass is 9.96. The van der Waals surface area contributed by atoms with Gasteiger partial charge in [0.05, 0.1) is 28.0 Å². The number of nitrogens with one attached hydrogen (secondary N) is 1. The first-order chi connectivity index (χ1) is 20.3. The number of ether oxygens (including phenoxy) is 2. The molecule has 1 saturated heterocycles. The summed E-state index contributed by atoms with van der Waals surface area (Å²) in [5, 5.41) is 23.6. The van der Waals surface area contributed by atoms with Gasteiger partial charge < -0.3 is 24.2 Å². The Morgan fingerprint density at radius 2 is 1.95 bits per heavy atom. The fraction of sp³-hybridized carbons (Fsp3) is 0.483. The maximum Gasteiger partial charge on any atom is 0.380 e. The van der Waals surface area contributed by atoms with Gasteiger partial charge in [0.15, 0.2) is 11.0 Å². The van der Waals surface area contributed by atoms with Crippen LogP contribution >= 0.6 is 19.8 Å². The van der Waals surface area contributed by atoms with Crippen LogP contribution in [0.2, 0.25) is 0 Å². The van der Waals surface area contributed by atoms with Crippen molar-refractivity contribution in [2.24, 2.45) is 11.3 Å². The average molecular weight is 623 g/mol. The van der Waals surface area contributed by atoms with Crippen molar-refractivity contribution in [3.05, 3.63) is 69.9 Å². The first kappa shape index (κ1) is 29.2. The highest BCUT2D eigenvalue weighted by molar-refractivity contribution is 7.71. The van der Waals surface area contributed by atoms with Crippen LogP contribution in [-0.4, -0.2) is 62.9 Å². The van der Waals surface area contributed by atoms with E-state index in [1.54, 1.807) is 18.2 Å². The molecule has 0 spiro atoms. The number of esters is 1. The third-order valence-electron chi connectivity index (χ3n) is 6.61. The first-order valence-corrected chi connectivity index (χ1v) is 15.5. The van der Waals surface area contributed by atoms with Gasteiger partial charge in [-0.3, -0.25) is 23.7 Å². The molecule has 6 atom stereocenters. The normalized spacial score (nSPS) is 25.7. The quantitative estimate of drug-likeness (QED) is 0.167. The van der Waals surface area contributed by atoms with Gasteiger partial charge in [0.2, 0.25) is 0 Å². The summed E-state index contributed by atoms with van der Waals surface area (Å²) in [5.41, 5.74) is -2.98. The Hall–Kier alpha value is -2.86. The van der Waals surface area contributed by atoms with E-state index in [-0.39, 0.29) is 22.5 Å². The van der Waals surface area contributed by atoms with Gasteiger partial charge in [-0.05, 0) is 36.0 Å². The van der Waals surface area contributed by atoms with Crippen molar-refractivity contribution >= 4 is 36.6 Å². The number of aliphatic hydroxyl groups is 2. The monoisotopic (exact) mass is 622 g/mol. The number of aromatic nitrogens is 2. The summed E-state index contributed by atoms with van der Waals surface area (Å²) in [6, 6.07) is 13.2. The van der Waals surface area contributed by atoms with Crippen LogP contribution in [0.4, 0.5) is 0 Å². The Morgan fingerprint density at radius 1 is 1.26 bits per heavy atom. The molecule has 0 bridgehead atoms. The molecule has 1 aliphatic rings. The molecular weight excluding hydrogens is 583 g/mol. The maximum atomic E-state index is 14.5. The molecule has 3 aromatic rings. The summed E-state index contributed by atoms with van der Waals surface area (Å²) < 4.78 is 55.7. The lowest BCUT2D eigenvalue weighted by molar-refractivity contribution is -0.150. The van der Waals surface area contributed by atoms with Gasteiger partial charge in [-0.1, -0.05) is 64.1 Å². The van der Waals surface area contributed by atoms with E-state index in [1.165, 1.54) is 26.1 Å². The molecule has 42 heavy (non-hydrogen) atoms. The zero-order chi connectivity index (χ0) is 32.7. The van der Waals surface area contributed by atoms with Gasteiger partial charge in [-0.2, -0.15) is 0 Å². The Balaban J connectivity index is 1.68. The maximum absolute atomic E-state index is 14.5. The van der Waals surface area contributed by atoms with E-state index in [0.717, 1.165) is 16.0 Å². The molecule has 0 aliphatic carbocycles. The minimum atomic E-state index is -4.59. The molecule has 0 amide bonds. The number of hydrogen-bond acceptors (Lipinski definition) is 10. The zero-order valence-electron chi connectivity index (χ0n) is 26.0. The minimum Gasteiger partial charge on any atom is -0.465 e. The van der Waals surface area contributed by atoms with E-state index in [2.05, 4.69) is 4.98 Å². The van der Waals surface area contributed by atoms with Crippen LogP contribution in [0, 0.1) is 16.1 Å². The molecule has 1 unspecified atom stereocenters. The van der Waals surface area contributed by atoms with Crippen LogP contribution in [0.1, 0.15) is 43.6 Å². The summed E-state index contributed by atoms with van der Waals surface area (Å²) in [7, 11) is -4.59. The molecule has 0 saturated carbocycles. The van der Waals surface area contributed by atoms with Gasteiger partial charge in [0.1, 0.15) is 23.6 Å². The predicted molar refractivity (Wildman–Crippen MR) is 159 cm³/mol. The molecule has 13 heteroatoms. The van der Waals surface area contributed by atoms with Crippen LogP contribution in [0.5, 0.6) is 5.75 Å². The number of nitrogens with zero attached hydrogens (tertiary/aromatic N) is 1. The highest BCUT2D eigenvalue weighted by Crippen LogP contribution is 2.52. The van der Waals surface area contributed by atoms with Gasteiger partial charge in [0, 0.05) is 17.6 Å². The van der Waals surface area contributed by atoms with Crippen LogP contribution in [0.25, 0.3) is 10.8 Å². The third-order valence-corrected chi connectivity index (χ3v) is 8.77. The molecule has 228 valence electrons. The third kappa shape index (κ3) is 7.37. The SMILES string of the molecule is [2H]C([2H])(O[P@@](=O)(C[C@@H](C)C(=O)OCC(C)(C)C)Oc1cccc2ccccc12)[C@H]1O[C@@H](n2ccc(=O)[nH]c2=S)C(C)(O)[C@H]1O. The lowest BCUT2D eigenvalue weighted by Gasteiger charge is -2.28. The Kier molecular flexibility index (Phi) is 8.63. The molecule has 11 nitrogen and oxygen atoms in total. The fourth-order valence-corrected chi connectivity index (χ4v) is 6.33. The number of benzene rings is 2. The number of rotatable bonds is 10. The van der Waals surface area contributed by atoms with Gasteiger partial charge >= 0.3 is 13.6 Å². The van der Waals surface area contributed by atoms with E-state index in [9.17, 15) is 24.4 Å². The van der Waals surface area contributed by atoms with E-state index in [1.807, 2.05) is 39.0 Å². The van der Waals surface area contributed by atoms with Gasteiger partial charge in [-0.15, -0.1) is 0 Å². The number of carbonyl (C=O) groups is 1. The van der Waals surface area contributed by atoms with Crippen LogP contribution in [0.3, 0.4) is 0 Å². The standard InChI is InChI=1S/C29H37N2O9PS/c1-18(25(34)37-17-28(2,3)4)16-41(36,40-21-12-8-10-19-9-6-7-11-20(19)21)38-15-22-24(33)29(5,35)26(39-22)31-14-13-23(32)30-27(31)42/h6-14,18,22,24,26,33,35H,15-17H2,1-5H3,(H,30,32,42)/t18-,22-,24+,26-,29?,41+/m1/s1/i15D2. The first-order valence-electron chi connectivity index (χ1n) is 14.3. The smallest absolute Gasteiger partial charge is 0.380 e. The zero-order valence-corrected chi connectivity index (χ0v) is 25.7. The molecule has 1 aliphatic heterocycles. The van der Waals surface area contributed by atoms with Crippen molar-refractivity contribution < 1.29 is 40.8 Å². The molecule has 2 aromatic carbocycles. The molecule has 3 N–H and O–H groups in total. The van der Waals surface area contributed by atoms with Crippen molar-refractivity contribution in [1.82, 2.24) is 9.55 Å². The van der Waals surface area contributed by atoms with Crippen molar-refractivity contribution in [2.45, 2.75) is 58.7 Å². The Labute approximate surface area is 251 Å². The molecular formula is C29H37N2O9PS. The number of aromatic amines is 1. The summed E-state index contributed by atoms with van der Waals surface area (Å²) in [4.78, 5) is 26.9. The van der Waals surface area contributed by atoms with Crippen LogP contribution in [0.15, 0.2) is 59.5 Å². The number of fused-ring (bicyclic) bond motifs is 1.